The molecule has 3 nitrogen and oxygen atoms in total. The summed E-state index contributed by atoms with van der Waals surface area (Å²) in [6, 6.07) is 0.582. The molecule has 2 unspecified atom stereocenters. The fourth-order valence-corrected chi connectivity index (χ4v) is 2.92. The summed E-state index contributed by atoms with van der Waals surface area (Å²) >= 11 is 0. The van der Waals surface area contributed by atoms with Crippen molar-refractivity contribution in [2.24, 2.45) is 11.8 Å². The quantitative estimate of drug-likeness (QED) is 0.733. The van der Waals surface area contributed by atoms with Gasteiger partial charge in [-0.3, -0.25) is 0 Å². The minimum atomic E-state index is 0.582. The van der Waals surface area contributed by atoms with E-state index in [-0.39, 0.29) is 0 Å². The maximum atomic E-state index is 5.62. The van der Waals surface area contributed by atoms with Crippen molar-refractivity contribution in [1.82, 2.24) is 10.2 Å². The van der Waals surface area contributed by atoms with Gasteiger partial charge in [0.15, 0.2) is 0 Å². The van der Waals surface area contributed by atoms with Crippen LogP contribution in [-0.4, -0.2) is 50.8 Å². The summed E-state index contributed by atoms with van der Waals surface area (Å²) in [6.45, 7) is 7.67. The average molecular weight is 240 g/mol. The van der Waals surface area contributed by atoms with Gasteiger partial charge in [0.25, 0.3) is 0 Å². The normalized spacial score (nSPS) is 29.8. The molecule has 0 amide bonds. The molecule has 17 heavy (non-hydrogen) atoms. The van der Waals surface area contributed by atoms with Crippen molar-refractivity contribution in [1.29, 1.82) is 0 Å². The highest BCUT2D eigenvalue weighted by atomic mass is 16.5. The number of hydrogen-bond acceptors (Lipinski definition) is 3. The second-order valence-electron chi connectivity index (χ2n) is 5.88. The average Bonchev–Trinajstić information content (AvgIpc) is 2.68. The molecule has 1 saturated carbocycles. The molecule has 1 heterocycles. The lowest BCUT2D eigenvalue weighted by Crippen LogP contribution is -2.42. The molecule has 0 aromatic rings. The monoisotopic (exact) mass is 240 g/mol. The van der Waals surface area contributed by atoms with Gasteiger partial charge in [-0.25, -0.2) is 0 Å². The van der Waals surface area contributed by atoms with Crippen LogP contribution < -0.4 is 5.32 Å². The van der Waals surface area contributed by atoms with Gasteiger partial charge in [-0.15, -0.1) is 0 Å². The molecule has 0 radical (unpaired) electrons. The molecule has 0 aromatic heterocycles. The zero-order valence-electron chi connectivity index (χ0n) is 11.5. The maximum absolute atomic E-state index is 5.62. The summed E-state index contributed by atoms with van der Waals surface area (Å²) in [6.07, 6.45) is 5.55. The van der Waals surface area contributed by atoms with Crippen molar-refractivity contribution < 1.29 is 4.74 Å². The Hall–Kier alpha value is -0.120. The molecule has 1 aliphatic carbocycles. The number of nitrogens with one attached hydrogen (secondary N) is 1. The van der Waals surface area contributed by atoms with Crippen LogP contribution in [0.3, 0.4) is 0 Å². The minimum absolute atomic E-state index is 0.582. The van der Waals surface area contributed by atoms with Crippen LogP contribution in [0.2, 0.25) is 0 Å². The van der Waals surface area contributed by atoms with Gasteiger partial charge in [0.2, 0.25) is 0 Å². The third-order valence-electron chi connectivity index (χ3n) is 4.20. The van der Waals surface area contributed by atoms with Crippen LogP contribution in [0.1, 0.15) is 32.6 Å². The van der Waals surface area contributed by atoms with Gasteiger partial charge in [-0.05, 0) is 38.8 Å². The molecule has 0 bridgehead atoms. The van der Waals surface area contributed by atoms with Gasteiger partial charge in [0.05, 0.1) is 13.2 Å². The number of ether oxygens (including phenoxy) is 1. The van der Waals surface area contributed by atoms with E-state index in [9.17, 15) is 0 Å². The molecular weight excluding hydrogens is 212 g/mol. The third kappa shape index (κ3) is 3.94. The third-order valence-corrected chi connectivity index (χ3v) is 4.20. The lowest BCUT2D eigenvalue weighted by molar-refractivity contribution is 0.157. The van der Waals surface area contributed by atoms with Crippen LogP contribution >= 0.6 is 0 Å². The Bertz CT molecular complexity index is 218. The SMILES string of the molecule is CCCNC1COCC1CN(C)CC1CCC1. The zero-order valence-corrected chi connectivity index (χ0v) is 11.5. The van der Waals surface area contributed by atoms with Crippen molar-refractivity contribution >= 4 is 0 Å². The molecule has 2 fully saturated rings. The van der Waals surface area contributed by atoms with E-state index in [0.29, 0.717) is 12.0 Å². The van der Waals surface area contributed by atoms with Crippen LogP contribution in [0.15, 0.2) is 0 Å². The first-order chi connectivity index (χ1) is 8.29. The predicted octanol–water partition coefficient (Wildman–Crippen LogP) is 1.73. The molecule has 3 heteroatoms. The summed E-state index contributed by atoms with van der Waals surface area (Å²) < 4.78 is 5.62. The highest BCUT2D eigenvalue weighted by Crippen LogP contribution is 2.27. The van der Waals surface area contributed by atoms with E-state index in [4.69, 9.17) is 4.74 Å². The van der Waals surface area contributed by atoms with Crippen LogP contribution in [0, 0.1) is 11.8 Å². The van der Waals surface area contributed by atoms with Gasteiger partial charge in [0, 0.05) is 25.0 Å². The Morgan fingerprint density at radius 3 is 2.71 bits per heavy atom. The molecule has 0 spiro atoms. The molecular formula is C14H28N2O. The van der Waals surface area contributed by atoms with E-state index >= 15 is 0 Å². The van der Waals surface area contributed by atoms with Crippen LogP contribution in [0.25, 0.3) is 0 Å². The molecule has 1 aliphatic heterocycles. The van der Waals surface area contributed by atoms with Crippen LogP contribution in [-0.2, 0) is 4.74 Å². The van der Waals surface area contributed by atoms with Gasteiger partial charge in [-0.1, -0.05) is 13.3 Å². The topological polar surface area (TPSA) is 24.5 Å². The summed E-state index contributed by atoms with van der Waals surface area (Å²) in [5.74, 6) is 1.66. The smallest absolute Gasteiger partial charge is 0.0623 e. The first-order valence-electron chi connectivity index (χ1n) is 7.29. The van der Waals surface area contributed by atoms with Crippen molar-refractivity contribution in [3.05, 3.63) is 0 Å². The Morgan fingerprint density at radius 2 is 2.06 bits per heavy atom. The Kier molecular flexibility index (Phi) is 5.26. The molecule has 2 aliphatic rings. The molecule has 2 atom stereocenters. The standard InChI is InChI=1S/C14H28N2O/c1-3-7-15-14-11-17-10-13(14)9-16(2)8-12-5-4-6-12/h12-15H,3-11H2,1-2H3. The van der Waals surface area contributed by atoms with Gasteiger partial charge < -0.3 is 15.0 Å². The first-order valence-corrected chi connectivity index (χ1v) is 7.29. The number of nitrogens with zero attached hydrogens (tertiary/aromatic N) is 1. The summed E-state index contributed by atoms with van der Waals surface area (Å²) in [5.41, 5.74) is 0. The van der Waals surface area contributed by atoms with E-state index in [0.717, 1.165) is 25.7 Å². The van der Waals surface area contributed by atoms with Crippen molar-refractivity contribution in [3.8, 4) is 0 Å². The van der Waals surface area contributed by atoms with Crippen LogP contribution in [0.5, 0.6) is 0 Å². The molecule has 100 valence electrons. The summed E-state index contributed by atoms with van der Waals surface area (Å²) in [5, 5.41) is 3.62. The largest absolute Gasteiger partial charge is 0.379 e. The van der Waals surface area contributed by atoms with E-state index in [1.165, 1.54) is 38.8 Å². The fraction of sp³-hybridized carbons (Fsp3) is 1.00. The second-order valence-corrected chi connectivity index (χ2v) is 5.88. The molecule has 1 N–H and O–H groups in total. The van der Waals surface area contributed by atoms with Crippen LogP contribution in [0.4, 0.5) is 0 Å². The van der Waals surface area contributed by atoms with E-state index in [1.54, 1.807) is 0 Å². The van der Waals surface area contributed by atoms with Gasteiger partial charge >= 0.3 is 0 Å². The maximum Gasteiger partial charge on any atom is 0.0623 e. The predicted molar refractivity (Wildman–Crippen MR) is 71.2 cm³/mol. The number of hydrogen-bond donors (Lipinski definition) is 1. The van der Waals surface area contributed by atoms with E-state index < -0.39 is 0 Å². The number of rotatable bonds is 7. The lowest BCUT2D eigenvalue weighted by Gasteiger charge is -2.32. The van der Waals surface area contributed by atoms with E-state index in [1.807, 2.05) is 0 Å². The lowest BCUT2D eigenvalue weighted by atomic mass is 9.85. The first kappa shape index (κ1) is 13.3. The highest BCUT2D eigenvalue weighted by molar-refractivity contribution is 4.84. The zero-order chi connectivity index (χ0) is 12.1. The second kappa shape index (κ2) is 6.72. The van der Waals surface area contributed by atoms with E-state index in [2.05, 4.69) is 24.2 Å². The van der Waals surface area contributed by atoms with Gasteiger partial charge in [-0.2, -0.15) is 0 Å². The Labute approximate surface area is 106 Å². The summed E-state index contributed by atoms with van der Waals surface area (Å²) in [4.78, 5) is 2.52. The fourth-order valence-electron chi connectivity index (χ4n) is 2.92. The molecule has 2 rings (SSSR count). The molecule has 1 saturated heterocycles. The summed E-state index contributed by atoms with van der Waals surface area (Å²) in [7, 11) is 2.27. The Balaban J connectivity index is 1.68. The minimum Gasteiger partial charge on any atom is -0.379 e. The van der Waals surface area contributed by atoms with Crippen molar-refractivity contribution in [2.75, 3.05) is 39.9 Å². The molecule has 0 aromatic carbocycles. The van der Waals surface area contributed by atoms with Crippen molar-refractivity contribution in [2.45, 2.75) is 38.6 Å². The Morgan fingerprint density at radius 1 is 1.24 bits per heavy atom. The van der Waals surface area contributed by atoms with Gasteiger partial charge in [0.1, 0.15) is 0 Å². The highest BCUT2D eigenvalue weighted by Gasteiger charge is 2.29. The van der Waals surface area contributed by atoms with Crippen molar-refractivity contribution in [3.63, 3.8) is 0 Å².